The van der Waals surface area contributed by atoms with Crippen LogP contribution in [0.5, 0.6) is 5.75 Å². The van der Waals surface area contributed by atoms with Gasteiger partial charge in [0, 0.05) is 19.8 Å². The molecule has 8 nitrogen and oxygen atoms in total. The quantitative estimate of drug-likeness (QED) is 0.657. The Labute approximate surface area is 170 Å². The molecule has 0 aliphatic heterocycles. The van der Waals surface area contributed by atoms with E-state index in [1.54, 1.807) is 0 Å². The molecule has 0 unspecified atom stereocenters. The van der Waals surface area contributed by atoms with Crippen LogP contribution in [0.1, 0.15) is 11.1 Å². The SMILES string of the molecule is Cc1ccc(C)c(OCC(=O)OCC(=O)Nc2ccc(S(=O)(=O)N(C)C)cc2)c1. The van der Waals surface area contributed by atoms with Gasteiger partial charge in [0.1, 0.15) is 5.75 Å². The third kappa shape index (κ3) is 6.30. The molecule has 0 spiro atoms. The molecule has 0 aromatic heterocycles. The number of sulfonamides is 1. The van der Waals surface area contributed by atoms with E-state index < -0.39 is 28.5 Å². The molecule has 0 heterocycles. The standard InChI is InChI=1S/C20H24N2O6S/c1-14-5-6-15(2)18(11-14)27-13-20(24)28-12-19(23)21-16-7-9-17(10-8-16)29(25,26)22(3)4/h5-11H,12-13H2,1-4H3,(H,21,23). The Balaban J connectivity index is 1.82. The first-order valence-electron chi connectivity index (χ1n) is 8.77. The topological polar surface area (TPSA) is 102 Å². The van der Waals surface area contributed by atoms with Crippen LogP contribution in [0.2, 0.25) is 0 Å². The molecule has 2 aromatic carbocycles. The minimum absolute atomic E-state index is 0.107. The summed E-state index contributed by atoms with van der Waals surface area (Å²) in [6, 6.07) is 11.3. The van der Waals surface area contributed by atoms with Gasteiger partial charge in [0.2, 0.25) is 10.0 Å². The summed E-state index contributed by atoms with van der Waals surface area (Å²) in [5.74, 6) is -0.638. The number of hydrogen-bond donors (Lipinski definition) is 1. The second-order valence-electron chi connectivity index (χ2n) is 6.58. The molecule has 1 N–H and O–H groups in total. The van der Waals surface area contributed by atoms with Gasteiger partial charge in [-0.15, -0.1) is 0 Å². The Hall–Kier alpha value is -2.91. The predicted molar refractivity (Wildman–Crippen MR) is 108 cm³/mol. The summed E-state index contributed by atoms with van der Waals surface area (Å²) in [7, 11) is -0.674. The zero-order valence-electron chi connectivity index (χ0n) is 16.8. The maximum Gasteiger partial charge on any atom is 0.344 e. The van der Waals surface area contributed by atoms with Gasteiger partial charge in [-0.1, -0.05) is 12.1 Å². The fourth-order valence-electron chi connectivity index (χ4n) is 2.31. The summed E-state index contributed by atoms with van der Waals surface area (Å²) in [5, 5.41) is 2.53. The lowest BCUT2D eigenvalue weighted by molar-refractivity contribution is -0.149. The van der Waals surface area contributed by atoms with Gasteiger partial charge in [0.15, 0.2) is 13.2 Å². The zero-order chi connectivity index (χ0) is 21.6. The highest BCUT2D eigenvalue weighted by Crippen LogP contribution is 2.19. The summed E-state index contributed by atoms with van der Waals surface area (Å²) < 4.78 is 35.5. The Morgan fingerprint density at radius 3 is 2.28 bits per heavy atom. The van der Waals surface area contributed by atoms with Crippen LogP contribution in [-0.2, 0) is 24.3 Å². The molecular formula is C20H24N2O6S. The zero-order valence-corrected chi connectivity index (χ0v) is 17.6. The molecule has 0 saturated heterocycles. The van der Waals surface area contributed by atoms with E-state index in [1.807, 2.05) is 32.0 Å². The first-order valence-corrected chi connectivity index (χ1v) is 10.2. The molecule has 0 aliphatic carbocycles. The number of aryl methyl sites for hydroxylation is 2. The molecule has 0 radical (unpaired) electrons. The Morgan fingerprint density at radius 2 is 1.66 bits per heavy atom. The van der Waals surface area contributed by atoms with Crippen molar-refractivity contribution < 1.29 is 27.5 Å². The summed E-state index contributed by atoms with van der Waals surface area (Å²) in [6.45, 7) is 2.99. The largest absolute Gasteiger partial charge is 0.482 e. The molecule has 2 aromatic rings. The average Bonchev–Trinajstić information content (AvgIpc) is 2.67. The van der Waals surface area contributed by atoms with Crippen molar-refractivity contribution in [3.05, 3.63) is 53.6 Å². The number of hydrogen-bond acceptors (Lipinski definition) is 6. The maximum atomic E-state index is 12.0. The van der Waals surface area contributed by atoms with Gasteiger partial charge in [0.05, 0.1) is 4.90 Å². The van der Waals surface area contributed by atoms with Crippen LogP contribution in [0.3, 0.4) is 0 Å². The summed E-state index contributed by atoms with van der Waals surface area (Å²) >= 11 is 0. The van der Waals surface area contributed by atoms with Crippen molar-refractivity contribution in [3.63, 3.8) is 0 Å². The van der Waals surface area contributed by atoms with Crippen molar-refractivity contribution >= 4 is 27.6 Å². The number of anilines is 1. The van der Waals surface area contributed by atoms with Crippen LogP contribution in [0.15, 0.2) is 47.4 Å². The van der Waals surface area contributed by atoms with E-state index in [9.17, 15) is 18.0 Å². The molecule has 0 aliphatic rings. The second-order valence-corrected chi connectivity index (χ2v) is 8.73. The minimum Gasteiger partial charge on any atom is -0.482 e. The lowest BCUT2D eigenvalue weighted by atomic mass is 10.1. The fourth-order valence-corrected chi connectivity index (χ4v) is 3.21. The number of esters is 1. The van der Waals surface area contributed by atoms with Gasteiger partial charge in [-0.2, -0.15) is 0 Å². The number of carbonyl (C=O) groups excluding carboxylic acids is 2. The molecule has 0 atom stereocenters. The van der Waals surface area contributed by atoms with Gasteiger partial charge >= 0.3 is 5.97 Å². The fraction of sp³-hybridized carbons (Fsp3) is 0.300. The highest BCUT2D eigenvalue weighted by Gasteiger charge is 2.17. The van der Waals surface area contributed by atoms with E-state index in [0.717, 1.165) is 15.4 Å². The highest BCUT2D eigenvalue weighted by atomic mass is 32.2. The predicted octanol–water partition coefficient (Wildman–Crippen LogP) is 2.11. The molecule has 2 rings (SSSR count). The van der Waals surface area contributed by atoms with Gasteiger partial charge in [-0.05, 0) is 55.3 Å². The van der Waals surface area contributed by atoms with E-state index >= 15 is 0 Å². The smallest absolute Gasteiger partial charge is 0.344 e. The number of amides is 1. The van der Waals surface area contributed by atoms with E-state index in [1.165, 1.54) is 38.4 Å². The van der Waals surface area contributed by atoms with E-state index in [-0.39, 0.29) is 11.5 Å². The Morgan fingerprint density at radius 1 is 1.00 bits per heavy atom. The number of rotatable bonds is 8. The normalized spacial score (nSPS) is 11.2. The van der Waals surface area contributed by atoms with Crippen LogP contribution >= 0.6 is 0 Å². The van der Waals surface area contributed by atoms with Crippen molar-refractivity contribution in [2.24, 2.45) is 0 Å². The summed E-state index contributed by atoms with van der Waals surface area (Å²) in [5.41, 5.74) is 2.28. The molecule has 1 amide bonds. The highest BCUT2D eigenvalue weighted by molar-refractivity contribution is 7.89. The second kappa shape index (κ2) is 9.53. The monoisotopic (exact) mass is 420 g/mol. The third-order valence-electron chi connectivity index (χ3n) is 3.97. The lowest BCUT2D eigenvalue weighted by Crippen LogP contribution is -2.24. The van der Waals surface area contributed by atoms with Gasteiger partial charge < -0.3 is 14.8 Å². The van der Waals surface area contributed by atoms with E-state index in [4.69, 9.17) is 9.47 Å². The molecule has 0 fully saturated rings. The minimum atomic E-state index is -3.54. The number of nitrogens with one attached hydrogen (secondary N) is 1. The number of carbonyl (C=O) groups is 2. The van der Waals surface area contributed by atoms with Gasteiger partial charge in [-0.3, -0.25) is 4.79 Å². The average molecular weight is 420 g/mol. The van der Waals surface area contributed by atoms with Crippen LogP contribution in [0.4, 0.5) is 5.69 Å². The molecule has 9 heteroatoms. The first-order chi connectivity index (χ1) is 13.6. The molecular weight excluding hydrogens is 396 g/mol. The molecule has 0 saturated carbocycles. The number of ether oxygens (including phenoxy) is 2. The molecule has 156 valence electrons. The van der Waals surface area contributed by atoms with Crippen molar-refractivity contribution in [2.75, 3.05) is 32.6 Å². The molecule has 0 bridgehead atoms. The van der Waals surface area contributed by atoms with Crippen LogP contribution in [0.25, 0.3) is 0 Å². The first kappa shape index (κ1) is 22.4. The van der Waals surface area contributed by atoms with E-state index in [0.29, 0.717) is 11.4 Å². The lowest BCUT2D eigenvalue weighted by Gasteiger charge is -2.12. The molecule has 29 heavy (non-hydrogen) atoms. The van der Waals surface area contributed by atoms with Gasteiger partial charge in [-0.25, -0.2) is 17.5 Å². The van der Waals surface area contributed by atoms with Crippen molar-refractivity contribution in [1.29, 1.82) is 0 Å². The Kier molecular flexibility index (Phi) is 7.35. The van der Waals surface area contributed by atoms with Crippen LogP contribution in [0, 0.1) is 13.8 Å². The van der Waals surface area contributed by atoms with E-state index in [2.05, 4.69) is 5.32 Å². The maximum absolute atomic E-state index is 12.0. The summed E-state index contributed by atoms with van der Waals surface area (Å²) in [6.07, 6.45) is 0. The Bertz CT molecular complexity index is 985. The third-order valence-corrected chi connectivity index (χ3v) is 5.80. The van der Waals surface area contributed by atoms with Crippen LogP contribution in [-0.4, -0.2) is 51.9 Å². The number of benzene rings is 2. The van der Waals surface area contributed by atoms with Crippen LogP contribution < -0.4 is 10.1 Å². The summed E-state index contributed by atoms with van der Waals surface area (Å²) in [4.78, 5) is 23.8. The van der Waals surface area contributed by atoms with Crippen molar-refractivity contribution in [3.8, 4) is 5.75 Å². The van der Waals surface area contributed by atoms with Gasteiger partial charge in [0.25, 0.3) is 5.91 Å². The van der Waals surface area contributed by atoms with Crippen molar-refractivity contribution in [2.45, 2.75) is 18.7 Å². The van der Waals surface area contributed by atoms with Crippen molar-refractivity contribution in [1.82, 2.24) is 4.31 Å². The number of nitrogens with zero attached hydrogens (tertiary/aromatic N) is 1.